The number of hydrogen-bond acceptors (Lipinski definition) is 2. The molecule has 1 aliphatic rings. The minimum atomic E-state index is 0.504. The topological polar surface area (TPSA) is 12.5 Å². The van der Waals surface area contributed by atoms with Crippen LogP contribution >= 0.6 is 27.3 Å². The molecule has 1 atom stereocenters. The molecule has 1 fully saturated rings. The second-order valence-electron chi connectivity index (χ2n) is 2.82. The van der Waals surface area contributed by atoms with Crippen LogP contribution in [0.3, 0.4) is 0 Å². The zero-order valence-corrected chi connectivity index (χ0v) is 8.67. The SMILES string of the molecule is Cc1csc(CC2CO2)c1Br. The van der Waals surface area contributed by atoms with Gasteiger partial charge < -0.3 is 4.74 Å². The number of halogens is 1. The third-order valence-electron chi connectivity index (χ3n) is 1.78. The lowest BCUT2D eigenvalue weighted by molar-refractivity contribution is 0.408. The summed E-state index contributed by atoms with van der Waals surface area (Å²) in [6.45, 7) is 3.07. The Morgan fingerprint density at radius 3 is 3.00 bits per heavy atom. The van der Waals surface area contributed by atoms with Gasteiger partial charge >= 0.3 is 0 Å². The molecule has 2 rings (SSSR count). The smallest absolute Gasteiger partial charge is 0.0858 e. The maximum Gasteiger partial charge on any atom is 0.0858 e. The average Bonchev–Trinajstić information content (AvgIpc) is 2.74. The van der Waals surface area contributed by atoms with Gasteiger partial charge in [0.25, 0.3) is 0 Å². The van der Waals surface area contributed by atoms with Gasteiger partial charge in [0.1, 0.15) is 0 Å². The Bertz CT molecular complexity index is 265. The van der Waals surface area contributed by atoms with Crippen LogP contribution < -0.4 is 0 Å². The number of aryl methyl sites for hydroxylation is 1. The molecule has 1 aromatic heterocycles. The van der Waals surface area contributed by atoms with E-state index in [2.05, 4.69) is 28.2 Å². The normalized spacial score (nSPS) is 22.2. The lowest BCUT2D eigenvalue weighted by Gasteiger charge is -1.93. The van der Waals surface area contributed by atoms with Crippen LogP contribution in [0.15, 0.2) is 9.85 Å². The first-order chi connectivity index (χ1) is 5.27. The van der Waals surface area contributed by atoms with Crippen molar-refractivity contribution >= 4 is 27.3 Å². The monoisotopic (exact) mass is 232 g/mol. The summed E-state index contributed by atoms with van der Waals surface area (Å²) >= 11 is 5.38. The van der Waals surface area contributed by atoms with E-state index < -0.39 is 0 Å². The minimum absolute atomic E-state index is 0.504. The molecule has 1 unspecified atom stereocenters. The predicted octanol–water partition coefficient (Wildman–Crippen LogP) is 2.76. The van der Waals surface area contributed by atoms with Gasteiger partial charge in [-0.15, -0.1) is 11.3 Å². The van der Waals surface area contributed by atoms with Crippen LogP contribution in [0.4, 0.5) is 0 Å². The Kier molecular flexibility index (Phi) is 2.04. The predicted molar refractivity (Wildman–Crippen MR) is 50.2 cm³/mol. The fraction of sp³-hybridized carbons (Fsp3) is 0.500. The van der Waals surface area contributed by atoms with Gasteiger partial charge in [-0.1, -0.05) is 0 Å². The summed E-state index contributed by atoms with van der Waals surface area (Å²) in [4.78, 5) is 1.42. The Morgan fingerprint density at radius 2 is 2.55 bits per heavy atom. The average molecular weight is 233 g/mol. The van der Waals surface area contributed by atoms with Crippen LogP contribution in [0, 0.1) is 6.92 Å². The first-order valence-electron chi connectivity index (χ1n) is 3.61. The number of hydrogen-bond donors (Lipinski definition) is 0. The van der Waals surface area contributed by atoms with Crippen molar-refractivity contribution in [1.82, 2.24) is 0 Å². The van der Waals surface area contributed by atoms with Crippen LogP contribution in [0.1, 0.15) is 10.4 Å². The zero-order chi connectivity index (χ0) is 7.84. The summed E-state index contributed by atoms with van der Waals surface area (Å²) in [6.07, 6.45) is 1.59. The molecule has 0 radical (unpaired) electrons. The Balaban J connectivity index is 2.15. The van der Waals surface area contributed by atoms with E-state index in [1.165, 1.54) is 14.9 Å². The lowest BCUT2D eigenvalue weighted by Crippen LogP contribution is -1.89. The van der Waals surface area contributed by atoms with Gasteiger partial charge in [-0.05, 0) is 33.8 Å². The van der Waals surface area contributed by atoms with Gasteiger partial charge in [0.05, 0.1) is 12.7 Å². The number of thiophene rings is 1. The first kappa shape index (κ1) is 7.77. The highest BCUT2D eigenvalue weighted by Gasteiger charge is 2.24. The Hall–Kier alpha value is 0.140. The molecule has 0 aromatic carbocycles. The van der Waals surface area contributed by atoms with E-state index in [0.29, 0.717) is 6.10 Å². The number of ether oxygens (including phenoxy) is 1. The molecule has 1 aliphatic heterocycles. The van der Waals surface area contributed by atoms with Gasteiger partial charge in [0.2, 0.25) is 0 Å². The molecule has 3 heteroatoms. The van der Waals surface area contributed by atoms with Crippen molar-refractivity contribution in [2.75, 3.05) is 6.61 Å². The second-order valence-corrected chi connectivity index (χ2v) is 4.57. The molecule has 60 valence electrons. The van der Waals surface area contributed by atoms with Crippen LogP contribution in [-0.4, -0.2) is 12.7 Å². The summed E-state index contributed by atoms with van der Waals surface area (Å²) in [5.41, 5.74) is 1.34. The molecule has 0 aliphatic carbocycles. The van der Waals surface area contributed by atoms with E-state index in [1.54, 1.807) is 0 Å². The molecular formula is C8H9BrOS. The standard InChI is InChI=1S/C8H9BrOS/c1-5-4-11-7(8(5)9)2-6-3-10-6/h4,6H,2-3H2,1H3. The van der Waals surface area contributed by atoms with Gasteiger partial charge in [-0.3, -0.25) is 0 Å². The molecule has 1 saturated heterocycles. The van der Waals surface area contributed by atoms with Crippen molar-refractivity contribution in [3.63, 3.8) is 0 Å². The zero-order valence-electron chi connectivity index (χ0n) is 6.26. The summed E-state index contributed by atoms with van der Waals surface area (Å²) < 4.78 is 6.44. The van der Waals surface area contributed by atoms with E-state index in [9.17, 15) is 0 Å². The summed E-state index contributed by atoms with van der Waals surface area (Å²) in [6, 6.07) is 0. The molecule has 0 spiro atoms. The summed E-state index contributed by atoms with van der Waals surface area (Å²) in [5, 5.41) is 2.18. The third kappa shape index (κ3) is 1.66. The van der Waals surface area contributed by atoms with Gasteiger partial charge in [-0.2, -0.15) is 0 Å². The van der Waals surface area contributed by atoms with Crippen LogP contribution in [0.25, 0.3) is 0 Å². The van der Waals surface area contributed by atoms with E-state index >= 15 is 0 Å². The van der Waals surface area contributed by atoms with Crippen molar-refractivity contribution in [2.45, 2.75) is 19.4 Å². The molecule has 11 heavy (non-hydrogen) atoms. The summed E-state index contributed by atoms with van der Waals surface area (Å²) in [7, 11) is 0. The maximum absolute atomic E-state index is 5.16. The van der Waals surface area contributed by atoms with Gasteiger partial charge in [-0.25, -0.2) is 0 Å². The minimum Gasteiger partial charge on any atom is -0.373 e. The first-order valence-corrected chi connectivity index (χ1v) is 5.28. The molecule has 1 aromatic rings. The molecular weight excluding hydrogens is 224 g/mol. The Morgan fingerprint density at radius 1 is 1.82 bits per heavy atom. The fourth-order valence-corrected chi connectivity index (χ4v) is 2.70. The highest BCUT2D eigenvalue weighted by Crippen LogP contribution is 2.30. The largest absolute Gasteiger partial charge is 0.373 e. The van der Waals surface area contributed by atoms with E-state index in [-0.39, 0.29) is 0 Å². The highest BCUT2D eigenvalue weighted by molar-refractivity contribution is 9.10. The molecule has 0 amide bonds. The third-order valence-corrected chi connectivity index (χ3v) is 4.28. The van der Waals surface area contributed by atoms with Crippen molar-refractivity contribution < 1.29 is 4.74 Å². The molecule has 1 nitrogen and oxygen atoms in total. The molecule has 0 saturated carbocycles. The van der Waals surface area contributed by atoms with Crippen LogP contribution in [0.2, 0.25) is 0 Å². The summed E-state index contributed by atoms with van der Waals surface area (Å²) in [5.74, 6) is 0. The lowest BCUT2D eigenvalue weighted by atomic mass is 10.2. The maximum atomic E-state index is 5.16. The van der Waals surface area contributed by atoms with Crippen molar-refractivity contribution in [3.05, 3.63) is 20.3 Å². The van der Waals surface area contributed by atoms with Crippen molar-refractivity contribution in [3.8, 4) is 0 Å². The van der Waals surface area contributed by atoms with Crippen LogP contribution in [-0.2, 0) is 11.2 Å². The van der Waals surface area contributed by atoms with Crippen LogP contribution in [0.5, 0.6) is 0 Å². The van der Waals surface area contributed by atoms with Gasteiger partial charge in [0, 0.05) is 15.8 Å². The molecule has 2 heterocycles. The molecule has 0 bridgehead atoms. The second kappa shape index (κ2) is 2.88. The fourth-order valence-electron chi connectivity index (χ4n) is 1.01. The van der Waals surface area contributed by atoms with Gasteiger partial charge in [0.15, 0.2) is 0 Å². The van der Waals surface area contributed by atoms with E-state index in [4.69, 9.17) is 4.74 Å². The highest BCUT2D eigenvalue weighted by atomic mass is 79.9. The number of epoxide rings is 1. The Labute approximate surface area is 78.5 Å². The van der Waals surface area contributed by atoms with Crippen molar-refractivity contribution in [2.24, 2.45) is 0 Å². The quantitative estimate of drug-likeness (QED) is 0.715. The number of rotatable bonds is 2. The van der Waals surface area contributed by atoms with E-state index in [0.717, 1.165) is 13.0 Å². The molecule has 0 N–H and O–H groups in total. The van der Waals surface area contributed by atoms with Crippen molar-refractivity contribution in [1.29, 1.82) is 0 Å². The van der Waals surface area contributed by atoms with E-state index in [1.807, 2.05) is 11.3 Å².